The zero-order valence-corrected chi connectivity index (χ0v) is 15.7. The molecule has 9 heteroatoms. The summed E-state index contributed by atoms with van der Waals surface area (Å²) in [5, 5.41) is 6.04. The first-order chi connectivity index (χ1) is 12.9. The van der Waals surface area contributed by atoms with Crippen LogP contribution in [0.4, 0.5) is 16.2 Å². The van der Waals surface area contributed by atoms with Gasteiger partial charge in [-0.05, 0) is 42.5 Å². The number of rotatable bonds is 4. The number of imide groups is 1. The van der Waals surface area contributed by atoms with Crippen molar-refractivity contribution in [1.82, 2.24) is 5.32 Å². The van der Waals surface area contributed by atoms with E-state index in [4.69, 9.17) is 27.9 Å². The summed E-state index contributed by atoms with van der Waals surface area (Å²) in [7, 11) is 1.45. The summed E-state index contributed by atoms with van der Waals surface area (Å²) in [5.74, 6) is -1.93. The van der Waals surface area contributed by atoms with Gasteiger partial charge in [0.15, 0.2) is 0 Å². The fourth-order valence-corrected chi connectivity index (χ4v) is 2.95. The van der Waals surface area contributed by atoms with E-state index in [1.54, 1.807) is 24.3 Å². The number of hydrogen-bond acceptors (Lipinski definition) is 4. The lowest BCUT2D eigenvalue weighted by molar-refractivity contribution is -0.130. The molecule has 1 aliphatic rings. The molecule has 7 nitrogen and oxygen atoms in total. The smallest absolute Gasteiger partial charge is 0.328 e. The minimum Gasteiger partial charge on any atom is -0.495 e. The molecular weight excluding hydrogens is 393 g/mol. The molecule has 0 bridgehead atoms. The van der Waals surface area contributed by atoms with Crippen molar-refractivity contribution in [1.29, 1.82) is 0 Å². The molecule has 1 unspecified atom stereocenters. The van der Waals surface area contributed by atoms with Crippen LogP contribution in [0.15, 0.2) is 42.5 Å². The van der Waals surface area contributed by atoms with Crippen molar-refractivity contribution >= 4 is 52.4 Å². The number of halogens is 2. The molecule has 0 spiro atoms. The zero-order chi connectivity index (χ0) is 19.6. The molecular formula is C18H15Cl2N3O4. The maximum Gasteiger partial charge on any atom is 0.328 e. The molecule has 27 heavy (non-hydrogen) atoms. The molecule has 2 aromatic rings. The van der Waals surface area contributed by atoms with Crippen molar-refractivity contribution in [2.24, 2.45) is 5.92 Å². The van der Waals surface area contributed by atoms with E-state index in [0.717, 1.165) is 4.90 Å². The van der Waals surface area contributed by atoms with Crippen molar-refractivity contribution in [2.45, 2.75) is 0 Å². The fourth-order valence-electron chi connectivity index (χ4n) is 2.65. The van der Waals surface area contributed by atoms with Gasteiger partial charge in [-0.1, -0.05) is 23.2 Å². The first-order valence-electron chi connectivity index (χ1n) is 7.92. The molecule has 0 aromatic heterocycles. The third kappa shape index (κ3) is 3.99. The molecule has 2 aromatic carbocycles. The van der Waals surface area contributed by atoms with Crippen LogP contribution in [0.1, 0.15) is 0 Å². The topological polar surface area (TPSA) is 87.7 Å². The molecule has 4 amide bonds. The average molecular weight is 408 g/mol. The van der Waals surface area contributed by atoms with Crippen LogP contribution < -0.4 is 20.3 Å². The van der Waals surface area contributed by atoms with E-state index >= 15 is 0 Å². The summed E-state index contributed by atoms with van der Waals surface area (Å²) < 4.78 is 5.18. The van der Waals surface area contributed by atoms with Crippen LogP contribution in [0.3, 0.4) is 0 Å². The number of urea groups is 1. The molecule has 1 saturated heterocycles. The van der Waals surface area contributed by atoms with Gasteiger partial charge in [0.25, 0.3) is 0 Å². The van der Waals surface area contributed by atoms with Gasteiger partial charge < -0.3 is 15.4 Å². The lowest BCUT2D eigenvalue weighted by atomic mass is 10.0. The highest BCUT2D eigenvalue weighted by Gasteiger charge is 2.39. The number of carbonyl (C=O) groups is 3. The Morgan fingerprint density at radius 3 is 2.48 bits per heavy atom. The highest BCUT2D eigenvalue weighted by molar-refractivity contribution is 6.31. The summed E-state index contributed by atoms with van der Waals surface area (Å²) in [6.45, 7) is -0.115. The number of nitrogens with zero attached hydrogens (tertiary/aromatic N) is 1. The third-order valence-electron chi connectivity index (χ3n) is 4.00. The normalized spacial score (nSPS) is 16.7. The Bertz CT molecular complexity index is 902. The van der Waals surface area contributed by atoms with E-state index in [-0.39, 0.29) is 6.54 Å². The molecule has 1 aliphatic heterocycles. The van der Waals surface area contributed by atoms with E-state index in [1.165, 1.54) is 25.3 Å². The number of benzene rings is 2. The molecule has 140 valence electrons. The monoisotopic (exact) mass is 407 g/mol. The van der Waals surface area contributed by atoms with Gasteiger partial charge in [0.05, 0.1) is 18.5 Å². The van der Waals surface area contributed by atoms with E-state index in [1.807, 2.05) is 0 Å². The van der Waals surface area contributed by atoms with E-state index in [9.17, 15) is 14.4 Å². The first-order valence-corrected chi connectivity index (χ1v) is 8.68. The van der Waals surface area contributed by atoms with Crippen molar-refractivity contribution in [3.05, 3.63) is 52.5 Å². The molecule has 1 heterocycles. The van der Waals surface area contributed by atoms with Crippen LogP contribution >= 0.6 is 23.2 Å². The minimum atomic E-state index is -1.11. The van der Waals surface area contributed by atoms with Crippen LogP contribution in [0.2, 0.25) is 10.0 Å². The number of methoxy groups -OCH3 is 1. The van der Waals surface area contributed by atoms with Crippen LogP contribution in [0.25, 0.3) is 0 Å². The number of ether oxygens (including phenoxy) is 1. The Balaban J connectivity index is 1.83. The number of hydrogen-bond donors (Lipinski definition) is 2. The number of carbonyl (C=O) groups excluding carboxylic acids is 3. The highest BCUT2D eigenvalue weighted by atomic mass is 35.5. The highest BCUT2D eigenvalue weighted by Crippen LogP contribution is 2.29. The summed E-state index contributed by atoms with van der Waals surface area (Å²) >= 11 is 11.8. The Morgan fingerprint density at radius 1 is 1.15 bits per heavy atom. The quantitative estimate of drug-likeness (QED) is 0.760. The lowest BCUT2D eigenvalue weighted by Crippen LogP contribution is -2.58. The second-order valence-electron chi connectivity index (χ2n) is 5.72. The Kier molecular flexibility index (Phi) is 5.53. The summed E-state index contributed by atoms with van der Waals surface area (Å²) in [6.07, 6.45) is 0. The third-order valence-corrected chi connectivity index (χ3v) is 4.49. The van der Waals surface area contributed by atoms with Crippen LogP contribution in [0, 0.1) is 5.92 Å². The summed E-state index contributed by atoms with van der Waals surface area (Å²) in [6, 6.07) is 10.3. The van der Waals surface area contributed by atoms with E-state index in [0.29, 0.717) is 27.2 Å². The van der Waals surface area contributed by atoms with Crippen LogP contribution in [0.5, 0.6) is 5.75 Å². The van der Waals surface area contributed by atoms with Gasteiger partial charge in [0.2, 0.25) is 11.8 Å². The fraction of sp³-hybridized carbons (Fsp3) is 0.167. The predicted octanol–water partition coefficient (Wildman–Crippen LogP) is 3.31. The van der Waals surface area contributed by atoms with E-state index < -0.39 is 23.8 Å². The standard InChI is InChI=1S/C18H15Cl2N3O4/c1-27-15-7-4-11(20)8-14(15)22-16(24)13-9-21-18(26)23(17(13)25)12-5-2-10(19)3-6-12/h2-8,13H,9H2,1H3,(H,21,26)(H,22,24). The van der Waals surface area contributed by atoms with Crippen molar-refractivity contribution in [3.8, 4) is 5.75 Å². The van der Waals surface area contributed by atoms with E-state index in [2.05, 4.69) is 10.6 Å². The number of anilines is 2. The maximum atomic E-state index is 12.8. The van der Waals surface area contributed by atoms with Crippen molar-refractivity contribution in [3.63, 3.8) is 0 Å². The van der Waals surface area contributed by atoms with Gasteiger partial charge in [-0.15, -0.1) is 0 Å². The predicted molar refractivity (Wildman–Crippen MR) is 102 cm³/mol. The Morgan fingerprint density at radius 2 is 1.81 bits per heavy atom. The first kappa shape index (κ1) is 19.0. The second kappa shape index (κ2) is 7.85. The summed E-state index contributed by atoms with van der Waals surface area (Å²) in [5.41, 5.74) is 0.650. The second-order valence-corrected chi connectivity index (χ2v) is 6.60. The van der Waals surface area contributed by atoms with Crippen molar-refractivity contribution in [2.75, 3.05) is 23.9 Å². The van der Waals surface area contributed by atoms with Gasteiger partial charge in [-0.3, -0.25) is 9.59 Å². The van der Waals surface area contributed by atoms with Gasteiger partial charge in [0.1, 0.15) is 11.7 Å². The summed E-state index contributed by atoms with van der Waals surface area (Å²) in [4.78, 5) is 38.5. The Hall–Kier alpha value is -2.77. The molecule has 1 fully saturated rings. The van der Waals surface area contributed by atoms with Gasteiger partial charge in [-0.2, -0.15) is 0 Å². The zero-order valence-electron chi connectivity index (χ0n) is 14.2. The minimum absolute atomic E-state index is 0.115. The molecule has 3 rings (SSSR count). The molecule has 0 radical (unpaired) electrons. The number of amides is 4. The van der Waals surface area contributed by atoms with Crippen LogP contribution in [-0.2, 0) is 9.59 Å². The molecule has 1 atom stereocenters. The van der Waals surface area contributed by atoms with Gasteiger partial charge in [-0.25, -0.2) is 9.69 Å². The average Bonchev–Trinajstić information content (AvgIpc) is 2.63. The van der Waals surface area contributed by atoms with Crippen LogP contribution in [-0.4, -0.2) is 31.5 Å². The molecule has 2 N–H and O–H groups in total. The van der Waals surface area contributed by atoms with Crippen molar-refractivity contribution < 1.29 is 19.1 Å². The molecule has 0 saturated carbocycles. The maximum absolute atomic E-state index is 12.8. The van der Waals surface area contributed by atoms with Gasteiger partial charge >= 0.3 is 6.03 Å². The van der Waals surface area contributed by atoms with Gasteiger partial charge in [0, 0.05) is 16.6 Å². The molecule has 0 aliphatic carbocycles. The number of nitrogens with one attached hydrogen (secondary N) is 2. The Labute approximate surface area is 165 Å². The SMILES string of the molecule is COc1ccc(Cl)cc1NC(=O)C1CNC(=O)N(c2ccc(Cl)cc2)C1=O. The lowest BCUT2D eigenvalue weighted by Gasteiger charge is -2.30. The largest absolute Gasteiger partial charge is 0.495 e.